The van der Waals surface area contributed by atoms with Crippen LogP contribution >= 0.6 is 0 Å². The highest BCUT2D eigenvalue weighted by Gasteiger charge is 2.09. The Kier molecular flexibility index (Phi) is 2.54. The minimum Gasteiger partial charge on any atom is -0.507 e. The molecule has 0 heterocycles. The zero-order valence-electron chi connectivity index (χ0n) is 7.70. The standard InChI is InChI=1S/C10H12N2O/c1-6-3-8(5-11)4-9(7(2)12)10(6)13/h3-4,7,13H,12H2,1-2H3/t7-/m1/s1. The van der Waals surface area contributed by atoms with Crippen LogP contribution in [-0.4, -0.2) is 5.11 Å². The van der Waals surface area contributed by atoms with E-state index in [0.717, 1.165) is 0 Å². The third-order valence-electron chi connectivity index (χ3n) is 1.95. The van der Waals surface area contributed by atoms with Crippen molar-refractivity contribution in [2.45, 2.75) is 19.9 Å². The molecule has 0 radical (unpaired) electrons. The number of benzene rings is 1. The minimum absolute atomic E-state index is 0.189. The largest absolute Gasteiger partial charge is 0.507 e. The summed E-state index contributed by atoms with van der Waals surface area (Å²) in [4.78, 5) is 0. The number of aryl methyl sites for hydroxylation is 1. The van der Waals surface area contributed by atoms with Gasteiger partial charge in [-0.3, -0.25) is 0 Å². The minimum atomic E-state index is -0.257. The van der Waals surface area contributed by atoms with Crippen LogP contribution in [0.2, 0.25) is 0 Å². The van der Waals surface area contributed by atoms with Gasteiger partial charge in [-0.25, -0.2) is 0 Å². The first-order valence-corrected chi connectivity index (χ1v) is 4.05. The molecule has 0 saturated heterocycles. The van der Waals surface area contributed by atoms with Crippen molar-refractivity contribution in [2.24, 2.45) is 5.73 Å². The first-order valence-electron chi connectivity index (χ1n) is 4.05. The lowest BCUT2D eigenvalue weighted by atomic mass is 10.0. The molecule has 13 heavy (non-hydrogen) atoms. The fourth-order valence-electron chi connectivity index (χ4n) is 1.22. The van der Waals surface area contributed by atoms with Gasteiger partial charge >= 0.3 is 0 Å². The van der Waals surface area contributed by atoms with Crippen LogP contribution in [0.5, 0.6) is 5.75 Å². The Bertz CT molecular complexity index is 364. The van der Waals surface area contributed by atoms with E-state index in [-0.39, 0.29) is 11.8 Å². The summed E-state index contributed by atoms with van der Waals surface area (Å²) in [7, 11) is 0. The Balaban J connectivity index is 3.35. The summed E-state index contributed by atoms with van der Waals surface area (Å²) in [6.07, 6.45) is 0. The number of aromatic hydroxyl groups is 1. The number of phenolic OH excluding ortho intramolecular Hbond substituents is 1. The van der Waals surface area contributed by atoms with Crippen LogP contribution in [0.15, 0.2) is 12.1 Å². The van der Waals surface area contributed by atoms with Crippen molar-refractivity contribution in [2.75, 3.05) is 0 Å². The van der Waals surface area contributed by atoms with E-state index < -0.39 is 0 Å². The molecule has 0 unspecified atom stereocenters. The number of phenols is 1. The zero-order valence-corrected chi connectivity index (χ0v) is 7.70. The lowest BCUT2D eigenvalue weighted by molar-refractivity contribution is 0.459. The molecule has 0 saturated carbocycles. The van der Waals surface area contributed by atoms with Gasteiger partial charge in [0.15, 0.2) is 0 Å². The molecule has 3 N–H and O–H groups in total. The molecular formula is C10H12N2O. The number of hydrogen-bond donors (Lipinski definition) is 2. The second kappa shape index (κ2) is 3.46. The molecule has 0 aliphatic rings. The van der Waals surface area contributed by atoms with Crippen molar-refractivity contribution >= 4 is 0 Å². The van der Waals surface area contributed by atoms with Gasteiger partial charge < -0.3 is 10.8 Å². The summed E-state index contributed by atoms with van der Waals surface area (Å²) in [5.74, 6) is 0.189. The predicted molar refractivity (Wildman–Crippen MR) is 50.2 cm³/mol. The Morgan fingerprint density at radius 1 is 1.54 bits per heavy atom. The molecule has 0 amide bonds. The molecule has 0 aromatic heterocycles. The third-order valence-corrected chi connectivity index (χ3v) is 1.95. The normalized spacial score (nSPS) is 12.2. The SMILES string of the molecule is Cc1cc(C#N)cc([C@@H](C)N)c1O. The van der Waals surface area contributed by atoms with Crippen molar-refractivity contribution in [1.82, 2.24) is 0 Å². The maximum absolute atomic E-state index is 9.60. The maximum Gasteiger partial charge on any atom is 0.123 e. The van der Waals surface area contributed by atoms with Crippen molar-refractivity contribution in [3.63, 3.8) is 0 Å². The molecule has 0 spiro atoms. The molecule has 3 nitrogen and oxygen atoms in total. The fraction of sp³-hybridized carbons (Fsp3) is 0.300. The monoisotopic (exact) mass is 176 g/mol. The van der Waals surface area contributed by atoms with Crippen molar-refractivity contribution in [1.29, 1.82) is 5.26 Å². The predicted octanol–water partition coefficient (Wildman–Crippen LogP) is 1.59. The number of nitrogens with zero attached hydrogens (tertiary/aromatic N) is 1. The summed E-state index contributed by atoms with van der Waals surface area (Å²) < 4.78 is 0. The Morgan fingerprint density at radius 2 is 2.15 bits per heavy atom. The zero-order chi connectivity index (χ0) is 10.0. The van der Waals surface area contributed by atoms with E-state index in [0.29, 0.717) is 16.7 Å². The first-order chi connectivity index (χ1) is 6.06. The van der Waals surface area contributed by atoms with Crippen molar-refractivity contribution in [3.8, 4) is 11.8 Å². The molecule has 1 rings (SSSR count). The first kappa shape index (κ1) is 9.56. The number of nitrogens with two attached hydrogens (primary N) is 1. The van der Waals surface area contributed by atoms with Crippen LogP contribution in [0.1, 0.15) is 29.7 Å². The molecule has 1 aromatic carbocycles. The molecule has 1 atom stereocenters. The second-order valence-corrected chi connectivity index (χ2v) is 3.13. The van der Waals surface area contributed by atoms with E-state index in [9.17, 15) is 5.11 Å². The molecule has 68 valence electrons. The topological polar surface area (TPSA) is 70.0 Å². The average Bonchev–Trinajstić information content (AvgIpc) is 2.09. The van der Waals surface area contributed by atoms with Crippen LogP contribution in [0, 0.1) is 18.3 Å². The molecule has 0 fully saturated rings. The van der Waals surface area contributed by atoms with Gasteiger partial charge in [0, 0.05) is 11.6 Å². The van der Waals surface area contributed by atoms with E-state index in [1.807, 2.05) is 6.07 Å². The lowest BCUT2D eigenvalue weighted by Gasteiger charge is -2.10. The van der Waals surface area contributed by atoms with Gasteiger partial charge in [-0.05, 0) is 31.5 Å². The van der Waals surface area contributed by atoms with E-state index in [1.165, 1.54) is 0 Å². The maximum atomic E-state index is 9.60. The summed E-state index contributed by atoms with van der Waals surface area (Å²) in [5.41, 5.74) is 7.48. The van der Waals surface area contributed by atoms with Crippen molar-refractivity contribution in [3.05, 3.63) is 28.8 Å². The highest BCUT2D eigenvalue weighted by atomic mass is 16.3. The van der Waals surface area contributed by atoms with Gasteiger partial charge in [0.05, 0.1) is 11.6 Å². The average molecular weight is 176 g/mol. The summed E-state index contributed by atoms with van der Waals surface area (Å²) in [6, 6.07) is 5.02. The van der Waals surface area contributed by atoms with Crippen LogP contribution in [0.4, 0.5) is 0 Å². The number of rotatable bonds is 1. The molecule has 0 aliphatic heterocycles. The number of hydrogen-bond acceptors (Lipinski definition) is 3. The van der Waals surface area contributed by atoms with Crippen LogP contribution in [0.25, 0.3) is 0 Å². The van der Waals surface area contributed by atoms with E-state index >= 15 is 0 Å². The highest BCUT2D eigenvalue weighted by molar-refractivity contribution is 5.47. The smallest absolute Gasteiger partial charge is 0.123 e. The van der Waals surface area contributed by atoms with Crippen LogP contribution < -0.4 is 5.73 Å². The van der Waals surface area contributed by atoms with Crippen molar-refractivity contribution < 1.29 is 5.11 Å². The van der Waals surface area contributed by atoms with Gasteiger partial charge in [-0.15, -0.1) is 0 Å². The van der Waals surface area contributed by atoms with Gasteiger partial charge in [-0.1, -0.05) is 0 Å². The fourth-order valence-corrected chi connectivity index (χ4v) is 1.22. The molecule has 3 heteroatoms. The van der Waals surface area contributed by atoms with Gasteiger partial charge in [-0.2, -0.15) is 5.26 Å². The van der Waals surface area contributed by atoms with Crippen LogP contribution in [0.3, 0.4) is 0 Å². The van der Waals surface area contributed by atoms with E-state index in [2.05, 4.69) is 0 Å². The van der Waals surface area contributed by atoms with Gasteiger partial charge in [0.25, 0.3) is 0 Å². The number of nitriles is 1. The summed E-state index contributed by atoms with van der Waals surface area (Å²) in [6.45, 7) is 3.53. The Labute approximate surface area is 77.4 Å². The second-order valence-electron chi connectivity index (χ2n) is 3.13. The quantitative estimate of drug-likeness (QED) is 0.682. The summed E-state index contributed by atoms with van der Waals surface area (Å²) in [5, 5.41) is 18.3. The molecule has 0 bridgehead atoms. The third kappa shape index (κ3) is 1.79. The lowest BCUT2D eigenvalue weighted by Crippen LogP contribution is -2.06. The molecule has 0 aliphatic carbocycles. The van der Waals surface area contributed by atoms with E-state index in [4.69, 9.17) is 11.0 Å². The summed E-state index contributed by atoms with van der Waals surface area (Å²) >= 11 is 0. The van der Waals surface area contributed by atoms with Gasteiger partial charge in [0.1, 0.15) is 5.75 Å². The Hall–Kier alpha value is -1.53. The van der Waals surface area contributed by atoms with E-state index in [1.54, 1.807) is 26.0 Å². The Morgan fingerprint density at radius 3 is 2.62 bits per heavy atom. The van der Waals surface area contributed by atoms with Crippen LogP contribution in [-0.2, 0) is 0 Å². The molecule has 1 aromatic rings. The van der Waals surface area contributed by atoms with Gasteiger partial charge in [0.2, 0.25) is 0 Å². The molecular weight excluding hydrogens is 164 g/mol. The highest BCUT2D eigenvalue weighted by Crippen LogP contribution is 2.27.